The molecule has 1 unspecified atom stereocenters. The zero-order valence-corrected chi connectivity index (χ0v) is 20.3. The normalized spacial score (nSPS) is 19.1. The third-order valence-corrected chi connectivity index (χ3v) is 7.29. The lowest BCUT2D eigenvalue weighted by atomic mass is 9.99. The summed E-state index contributed by atoms with van der Waals surface area (Å²) in [7, 11) is 0. The number of nitrogens with one attached hydrogen (secondary N) is 2. The van der Waals surface area contributed by atoms with E-state index in [1.165, 1.54) is 25.1 Å². The van der Waals surface area contributed by atoms with Crippen LogP contribution in [0.2, 0.25) is 0 Å². The number of hydrogen-bond acceptors (Lipinski definition) is 5. The van der Waals surface area contributed by atoms with Crippen molar-refractivity contribution in [1.82, 2.24) is 15.2 Å². The van der Waals surface area contributed by atoms with E-state index >= 15 is 0 Å². The molecule has 0 aliphatic carbocycles. The van der Waals surface area contributed by atoms with Crippen LogP contribution in [0.4, 0.5) is 11.4 Å². The van der Waals surface area contributed by atoms with Crippen molar-refractivity contribution in [2.45, 2.75) is 31.2 Å². The lowest BCUT2D eigenvalue weighted by Crippen LogP contribution is -2.44. The molecule has 2 aliphatic heterocycles. The number of rotatable bonds is 8. The van der Waals surface area contributed by atoms with Crippen molar-refractivity contribution in [1.29, 1.82) is 0 Å². The number of nitrogens with zero attached hydrogens (tertiary/aromatic N) is 3. The standard InChI is InChI=1S/C29H35N5O/c35-29(24-8-5-14-30-21-24)32-27-9-4-10-28(20-27)34-17-12-26(13-18-34)31-15-19-33-16-11-25(22-33)23-6-2-1-3-7-23/h1-10,14,20-21,25-26,31H,11-13,15-19,22H2,(H,32,35). The van der Waals surface area contributed by atoms with Gasteiger partial charge in [-0.1, -0.05) is 36.4 Å². The average Bonchev–Trinajstić information content (AvgIpc) is 3.39. The lowest BCUT2D eigenvalue weighted by molar-refractivity contribution is 0.102. The molecular formula is C29H35N5O. The SMILES string of the molecule is O=C(Nc1cccc(N2CCC(NCCN3CCC(c4ccccc4)C3)CC2)c1)c1cccnc1. The summed E-state index contributed by atoms with van der Waals surface area (Å²) in [5, 5.41) is 6.79. The molecule has 35 heavy (non-hydrogen) atoms. The Kier molecular flexibility index (Phi) is 7.71. The number of hydrogen-bond donors (Lipinski definition) is 2. The van der Waals surface area contributed by atoms with Gasteiger partial charge < -0.3 is 20.4 Å². The van der Waals surface area contributed by atoms with Crippen molar-refractivity contribution in [3.05, 3.63) is 90.3 Å². The predicted molar refractivity (Wildman–Crippen MR) is 142 cm³/mol. The van der Waals surface area contributed by atoms with Gasteiger partial charge in [0.15, 0.2) is 0 Å². The van der Waals surface area contributed by atoms with Crippen LogP contribution in [0.25, 0.3) is 0 Å². The summed E-state index contributed by atoms with van der Waals surface area (Å²) in [4.78, 5) is 21.5. The van der Waals surface area contributed by atoms with E-state index in [9.17, 15) is 4.79 Å². The largest absolute Gasteiger partial charge is 0.371 e. The van der Waals surface area contributed by atoms with Gasteiger partial charge in [0.05, 0.1) is 5.56 Å². The quantitative estimate of drug-likeness (QED) is 0.513. The summed E-state index contributed by atoms with van der Waals surface area (Å²) in [6, 6.07) is 23.2. The summed E-state index contributed by atoms with van der Waals surface area (Å²) in [5.41, 5.74) is 4.03. The molecule has 1 atom stereocenters. The van der Waals surface area contributed by atoms with E-state index in [4.69, 9.17) is 0 Å². The molecule has 1 amide bonds. The minimum absolute atomic E-state index is 0.133. The van der Waals surface area contributed by atoms with E-state index < -0.39 is 0 Å². The molecule has 2 aliphatic rings. The number of likely N-dealkylation sites (tertiary alicyclic amines) is 1. The molecule has 2 saturated heterocycles. The smallest absolute Gasteiger partial charge is 0.257 e. The average molecular weight is 470 g/mol. The fourth-order valence-corrected chi connectivity index (χ4v) is 5.28. The molecule has 6 nitrogen and oxygen atoms in total. The number of aromatic nitrogens is 1. The molecule has 2 N–H and O–H groups in total. The van der Waals surface area contributed by atoms with E-state index in [0.717, 1.165) is 50.4 Å². The fraction of sp³-hybridized carbons (Fsp3) is 0.379. The number of piperidine rings is 1. The van der Waals surface area contributed by atoms with E-state index in [1.807, 2.05) is 12.1 Å². The maximum absolute atomic E-state index is 12.5. The maximum atomic E-state index is 12.5. The first-order chi connectivity index (χ1) is 17.2. The van der Waals surface area contributed by atoms with Crippen molar-refractivity contribution in [3.8, 4) is 0 Å². The zero-order chi connectivity index (χ0) is 23.9. The second-order valence-electron chi connectivity index (χ2n) is 9.66. The maximum Gasteiger partial charge on any atom is 0.257 e. The number of carbonyl (C=O) groups is 1. The summed E-state index contributed by atoms with van der Waals surface area (Å²) in [6.07, 6.45) is 6.80. The first-order valence-electron chi connectivity index (χ1n) is 12.8. The number of anilines is 2. The second-order valence-corrected chi connectivity index (χ2v) is 9.66. The summed E-state index contributed by atoms with van der Waals surface area (Å²) in [5.74, 6) is 0.551. The first-order valence-corrected chi connectivity index (χ1v) is 12.8. The minimum atomic E-state index is -0.133. The Balaban J connectivity index is 1.04. The van der Waals surface area contributed by atoms with Crippen LogP contribution >= 0.6 is 0 Å². The van der Waals surface area contributed by atoms with Crippen LogP contribution in [0.5, 0.6) is 0 Å². The number of amides is 1. The van der Waals surface area contributed by atoms with Gasteiger partial charge in [0, 0.05) is 62.5 Å². The molecule has 0 bridgehead atoms. The topological polar surface area (TPSA) is 60.5 Å². The van der Waals surface area contributed by atoms with Gasteiger partial charge in [-0.2, -0.15) is 0 Å². The minimum Gasteiger partial charge on any atom is -0.371 e. The molecule has 2 fully saturated rings. The highest BCUT2D eigenvalue weighted by atomic mass is 16.1. The van der Waals surface area contributed by atoms with E-state index in [2.05, 4.69) is 67.9 Å². The molecule has 5 rings (SSSR count). The Morgan fingerprint density at radius 2 is 1.80 bits per heavy atom. The third kappa shape index (κ3) is 6.27. The molecular weight excluding hydrogens is 434 g/mol. The van der Waals surface area contributed by atoms with Gasteiger partial charge in [0.1, 0.15) is 0 Å². The van der Waals surface area contributed by atoms with Crippen LogP contribution in [0, 0.1) is 0 Å². The summed E-state index contributed by atoms with van der Waals surface area (Å²) >= 11 is 0. The predicted octanol–water partition coefficient (Wildman–Crippen LogP) is 4.38. The van der Waals surface area contributed by atoms with Crippen LogP contribution < -0.4 is 15.5 Å². The van der Waals surface area contributed by atoms with E-state index in [0.29, 0.717) is 17.5 Å². The van der Waals surface area contributed by atoms with E-state index in [1.54, 1.807) is 24.5 Å². The van der Waals surface area contributed by atoms with Crippen molar-refractivity contribution in [2.75, 3.05) is 49.5 Å². The van der Waals surface area contributed by atoms with Crippen LogP contribution in [0.1, 0.15) is 41.1 Å². The number of pyridine rings is 1. The molecule has 3 heterocycles. The van der Waals surface area contributed by atoms with Crippen LogP contribution in [0.3, 0.4) is 0 Å². The monoisotopic (exact) mass is 469 g/mol. The second kappa shape index (κ2) is 11.5. The lowest BCUT2D eigenvalue weighted by Gasteiger charge is -2.34. The number of benzene rings is 2. The van der Waals surface area contributed by atoms with Gasteiger partial charge in [-0.15, -0.1) is 0 Å². The first kappa shape index (κ1) is 23.5. The molecule has 0 spiro atoms. The molecule has 3 aromatic rings. The third-order valence-electron chi connectivity index (χ3n) is 7.29. The van der Waals surface area contributed by atoms with Gasteiger partial charge in [0.25, 0.3) is 5.91 Å². The summed E-state index contributed by atoms with van der Waals surface area (Å²) < 4.78 is 0. The molecule has 6 heteroatoms. The Labute approximate surface area is 208 Å². The van der Waals surface area contributed by atoms with Crippen molar-refractivity contribution < 1.29 is 4.79 Å². The Morgan fingerprint density at radius 1 is 0.943 bits per heavy atom. The van der Waals surface area contributed by atoms with E-state index in [-0.39, 0.29) is 5.91 Å². The molecule has 2 aromatic carbocycles. The van der Waals surface area contributed by atoms with Crippen molar-refractivity contribution >= 4 is 17.3 Å². The highest BCUT2D eigenvalue weighted by Crippen LogP contribution is 2.27. The Bertz CT molecular complexity index is 1080. The van der Waals surface area contributed by atoms with Crippen molar-refractivity contribution in [3.63, 3.8) is 0 Å². The van der Waals surface area contributed by atoms with Gasteiger partial charge in [-0.3, -0.25) is 9.78 Å². The molecule has 0 radical (unpaired) electrons. The van der Waals surface area contributed by atoms with Crippen LogP contribution in [0.15, 0.2) is 79.1 Å². The van der Waals surface area contributed by atoms with Gasteiger partial charge >= 0.3 is 0 Å². The summed E-state index contributed by atoms with van der Waals surface area (Å²) in [6.45, 7) is 6.62. The molecule has 0 saturated carbocycles. The van der Waals surface area contributed by atoms with Gasteiger partial charge in [-0.25, -0.2) is 0 Å². The number of carbonyl (C=O) groups excluding carboxylic acids is 1. The van der Waals surface area contributed by atoms with Crippen LogP contribution in [-0.2, 0) is 0 Å². The van der Waals surface area contributed by atoms with Crippen LogP contribution in [-0.4, -0.2) is 61.1 Å². The zero-order valence-electron chi connectivity index (χ0n) is 20.3. The van der Waals surface area contributed by atoms with Crippen molar-refractivity contribution in [2.24, 2.45) is 0 Å². The Hall–Kier alpha value is -3.22. The van der Waals surface area contributed by atoms with Gasteiger partial charge in [0.2, 0.25) is 0 Å². The van der Waals surface area contributed by atoms with Gasteiger partial charge in [-0.05, 0) is 67.6 Å². The molecule has 1 aromatic heterocycles. The highest BCUT2D eigenvalue weighted by molar-refractivity contribution is 6.04. The fourth-order valence-electron chi connectivity index (χ4n) is 5.28. The Morgan fingerprint density at radius 3 is 2.60 bits per heavy atom. The molecule has 182 valence electrons. The highest BCUT2D eigenvalue weighted by Gasteiger charge is 2.24.